The van der Waals surface area contributed by atoms with Gasteiger partial charge in [-0.25, -0.2) is 4.98 Å². The Kier molecular flexibility index (Phi) is 8.07. The summed E-state index contributed by atoms with van der Waals surface area (Å²) in [6.07, 6.45) is 1.51. The first-order valence-electron chi connectivity index (χ1n) is 11.5. The maximum Gasteiger partial charge on any atom is 0.275 e. The van der Waals surface area contributed by atoms with E-state index >= 15 is 0 Å². The van der Waals surface area contributed by atoms with Crippen LogP contribution in [-0.2, 0) is 4.79 Å². The highest BCUT2D eigenvalue weighted by Crippen LogP contribution is 2.33. The molecule has 0 spiro atoms. The van der Waals surface area contributed by atoms with Gasteiger partial charge in [0.05, 0.1) is 22.8 Å². The van der Waals surface area contributed by atoms with Crippen molar-refractivity contribution >= 4 is 52.0 Å². The molecule has 0 radical (unpaired) electrons. The molecule has 1 aliphatic heterocycles. The minimum Gasteiger partial charge on any atom is -0.495 e. The van der Waals surface area contributed by atoms with Gasteiger partial charge in [-0.15, -0.1) is 11.3 Å². The molecule has 0 unspecified atom stereocenters. The highest BCUT2D eigenvalue weighted by atomic mass is 35.5. The number of hydrogen-bond donors (Lipinski definition) is 1. The third-order valence-corrected chi connectivity index (χ3v) is 7.57. The van der Waals surface area contributed by atoms with Crippen LogP contribution in [0.4, 0.5) is 5.69 Å². The molecule has 2 amide bonds. The SMILES string of the molecule is COc1ccc(Cl)cc1NC(=O)c1csc(C2CCN(C(=O)C(C)(C)Oc3ccccc3Cl)CC2)n1. The number of nitrogens with one attached hydrogen (secondary N) is 1. The summed E-state index contributed by atoms with van der Waals surface area (Å²) >= 11 is 13.7. The first-order valence-corrected chi connectivity index (χ1v) is 13.1. The van der Waals surface area contributed by atoms with E-state index < -0.39 is 5.60 Å². The molecular formula is C26H27Cl2N3O4S. The number of rotatable bonds is 7. The number of thiazole rings is 1. The molecule has 0 bridgehead atoms. The minimum absolute atomic E-state index is 0.0875. The van der Waals surface area contributed by atoms with Gasteiger partial charge in [0.2, 0.25) is 0 Å². The fourth-order valence-corrected chi connectivity index (χ4v) is 5.42. The average molecular weight is 548 g/mol. The molecule has 1 saturated heterocycles. The van der Waals surface area contributed by atoms with Gasteiger partial charge in [0.1, 0.15) is 17.2 Å². The van der Waals surface area contributed by atoms with Crippen LogP contribution in [-0.4, -0.2) is 47.5 Å². The summed E-state index contributed by atoms with van der Waals surface area (Å²) in [5.41, 5.74) is -0.228. The largest absolute Gasteiger partial charge is 0.495 e. The third-order valence-electron chi connectivity index (χ3n) is 6.01. The maximum absolute atomic E-state index is 13.2. The number of methoxy groups -OCH3 is 1. The fraction of sp³-hybridized carbons (Fsp3) is 0.346. The van der Waals surface area contributed by atoms with Crippen LogP contribution in [0.5, 0.6) is 11.5 Å². The number of hydrogen-bond acceptors (Lipinski definition) is 6. The predicted molar refractivity (Wildman–Crippen MR) is 143 cm³/mol. The number of amides is 2. The Morgan fingerprint density at radius 2 is 1.83 bits per heavy atom. The van der Waals surface area contributed by atoms with Crippen molar-refractivity contribution in [2.45, 2.75) is 38.2 Å². The molecule has 3 aromatic rings. The van der Waals surface area contributed by atoms with Crippen LogP contribution < -0.4 is 14.8 Å². The number of benzene rings is 2. The van der Waals surface area contributed by atoms with Crippen LogP contribution in [0.15, 0.2) is 47.8 Å². The Bertz CT molecular complexity index is 1260. The molecule has 2 heterocycles. The van der Waals surface area contributed by atoms with Gasteiger partial charge >= 0.3 is 0 Å². The zero-order valence-electron chi connectivity index (χ0n) is 20.2. The smallest absolute Gasteiger partial charge is 0.275 e. The zero-order valence-corrected chi connectivity index (χ0v) is 22.5. The summed E-state index contributed by atoms with van der Waals surface area (Å²) in [6.45, 7) is 4.68. The van der Waals surface area contributed by atoms with Gasteiger partial charge in [-0.1, -0.05) is 35.3 Å². The Morgan fingerprint density at radius 3 is 2.53 bits per heavy atom. The van der Waals surface area contributed by atoms with E-state index in [1.807, 2.05) is 17.0 Å². The van der Waals surface area contributed by atoms with E-state index in [-0.39, 0.29) is 17.7 Å². The molecule has 0 aliphatic carbocycles. The average Bonchev–Trinajstić information content (AvgIpc) is 3.36. The molecule has 4 rings (SSSR count). The molecule has 0 saturated carbocycles. The number of ether oxygens (including phenoxy) is 2. The summed E-state index contributed by atoms with van der Waals surface area (Å²) < 4.78 is 11.3. The molecule has 1 aliphatic rings. The maximum atomic E-state index is 13.2. The number of carbonyl (C=O) groups is 2. The lowest BCUT2D eigenvalue weighted by atomic mass is 9.96. The summed E-state index contributed by atoms with van der Waals surface area (Å²) in [5, 5.41) is 6.41. The summed E-state index contributed by atoms with van der Waals surface area (Å²) in [6, 6.07) is 12.1. The summed E-state index contributed by atoms with van der Waals surface area (Å²) in [4.78, 5) is 32.4. The molecule has 7 nitrogen and oxygen atoms in total. The van der Waals surface area contributed by atoms with Gasteiger partial charge in [-0.05, 0) is 57.0 Å². The lowest BCUT2D eigenvalue weighted by Gasteiger charge is -2.36. The van der Waals surface area contributed by atoms with Crippen molar-refractivity contribution in [1.82, 2.24) is 9.88 Å². The molecule has 1 fully saturated rings. The minimum atomic E-state index is -1.05. The molecule has 1 N–H and O–H groups in total. The number of likely N-dealkylation sites (tertiary alicyclic amines) is 1. The first kappa shape index (κ1) is 26.3. The third kappa shape index (κ3) is 5.94. The number of nitrogens with zero attached hydrogens (tertiary/aromatic N) is 2. The van der Waals surface area contributed by atoms with Crippen LogP contribution in [0.3, 0.4) is 0 Å². The Morgan fingerprint density at radius 1 is 1.11 bits per heavy atom. The van der Waals surface area contributed by atoms with Gasteiger partial charge in [0.15, 0.2) is 5.60 Å². The molecular weight excluding hydrogens is 521 g/mol. The van der Waals surface area contributed by atoms with Crippen molar-refractivity contribution < 1.29 is 19.1 Å². The standard InChI is InChI=1S/C26H27Cl2N3O4S/c1-26(2,35-21-7-5-4-6-18(21)28)25(33)31-12-10-16(11-13-31)24-30-20(15-36-24)23(32)29-19-14-17(27)8-9-22(19)34-3/h4-9,14-16H,10-13H2,1-3H3,(H,29,32). The van der Waals surface area contributed by atoms with Gasteiger partial charge in [-0.2, -0.15) is 0 Å². The van der Waals surface area contributed by atoms with Crippen LogP contribution >= 0.6 is 34.5 Å². The molecule has 10 heteroatoms. The van der Waals surface area contributed by atoms with Gasteiger partial charge in [0, 0.05) is 29.4 Å². The van der Waals surface area contributed by atoms with E-state index in [9.17, 15) is 9.59 Å². The molecule has 2 aromatic carbocycles. The topological polar surface area (TPSA) is 80.8 Å². The van der Waals surface area contributed by atoms with E-state index in [0.717, 1.165) is 17.8 Å². The number of halogens is 2. The van der Waals surface area contributed by atoms with Crippen LogP contribution in [0.25, 0.3) is 0 Å². The van der Waals surface area contributed by atoms with Crippen molar-refractivity contribution in [3.8, 4) is 11.5 Å². The second-order valence-electron chi connectivity index (χ2n) is 8.98. The molecule has 190 valence electrons. The lowest BCUT2D eigenvalue weighted by molar-refractivity contribution is -0.146. The number of aromatic nitrogens is 1. The number of piperidine rings is 1. The second-order valence-corrected chi connectivity index (χ2v) is 10.7. The molecule has 1 aromatic heterocycles. The Hall–Kier alpha value is -2.81. The van der Waals surface area contributed by atoms with Gasteiger partial charge < -0.3 is 19.7 Å². The normalized spacial score (nSPS) is 14.4. The molecule has 36 heavy (non-hydrogen) atoms. The summed E-state index contributed by atoms with van der Waals surface area (Å²) in [5.74, 6) is 0.756. The quantitative estimate of drug-likeness (QED) is 0.376. The van der Waals surface area contributed by atoms with E-state index in [1.54, 1.807) is 49.6 Å². The number of anilines is 1. The van der Waals surface area contributed by atoms with Crippen LogP contribution in [0.2, 0.25) is 10.0 Å². The van der Waals surface area contributed by atoms with E-state index in [2.05, 4.69) is 10.3 Å². The van der Waals surface area contributed by atoms with Crippen molar-refractivity contribution in [3.05, 3.63) is 68.6 Å². The van der Waals surface area contributed by atoms with E-state index in [4.69, 9.17) is 32.7 Å². The second kappa shape index (κ2) is 11.1. The van der Waals surface area contributed by atoms with Gasteiger partial charge in [0.25, 0.3) is 11.8 Å². The van der Waals surface area contributed by atoms with E-state index in [1.165, 1.54) is 18.4 Å². The fourth-order valence-electron chi connectivity index (χ4n) is 4.10. The predicted octanol–water partition coefficient (Wildman–Crippen LogP) is 6.27. The van der Waals surface area contributed by atoms with E-state index in [0.29, 0.717) is 46.0 Å². The summed E-state index contributed by atoms with van der Waals surface area (Å²) in [7, 11) is 1.53. The van der Waals surface area contributed by atoms with Crippen molar-refractivity contribution in [1.29, 1.82) is 0 Å². The van der Waals surface area contributed by atoms with Crippen molar-refractivity contribution in [2.75, 3.05) is 25.5 Å². The van der Waals surface area contributed by atoms with Crippen LogP contribution in [0, 0.1) is 0 Å². The number of para-hydroxylation sites is 1. The zero-order chi connectivity index (χ0) is 25.9. The Labute approximate surface area is 224 Å². The highest BCUT2D eigenvalue weighted by Gasteiger charge is 2.37. The van der Waals surface area contributed by atoms with Crippen LogP contribution in [0.1, 0.15) is 48.1 Å². The first-order chi connectivity index (χ1) is 17.2. The van der Waals surface area contributed by atoms with Gasteiger partial charge in [-0.3, -0.25) is 9.59 Å². The highest BCUT2D eigenvalue weighted by molar-refractivity contribution is 7.10. The lowest BCUT2D eigenvalue weighted by Crippen LogP contribution is -2.51. The van der Waals surface area contributed by atoms with Crippen molar-refractivity contribution in [3.63, 3.8) is 0 Å². The Balaban J connectivity index is 1.35. The number of carbonyl (C=O) groups excluding carboxylic acids is 2. The van der Waals surface area contributed by atoms with Crippen molar-refractivity contribution in [2.24, 2.45) is 0 Å². The monoisotopic (exact) mass is 547 g/mol. The molecule has 0 atom stereocenters.